The van der Waals surface area contributed by atoms with E-state index in [-0.39, 0.29) is 11.8 Å². The molecule has 6 heteroatoms. The molecule has 0 spiro atoms. The predicted octanol–water partition coefficient (Wildman–Crippen LogP) is 2.02. The number of carbonyl (C=O) groups is 2. The number of nitrogens with two attached hydrogens (primary N) is 1. The van der Waals surface area contributed by atoms with E-state index in [1.807, 2.05) is 12.1 Å². The maximum absolute atomic E-state index is 12.2. The molecule has 1 saturated heterocycles. The standard InChI is InChI=1S/C21H26N4O2/c22-19-6-2-1-5-18(19)21(27)24-15-16-7-9-17(10-8-16)20(26)23-11-14-25-12-3-4-13-25/h1-2,5-10H,3-4,11-15,22H2,(H,23,26)(H,24,27). The highest BCUT2D eigenvalue weighted by Crippen LogP contribution is 2.11. The quantitative estimate of drug-likeness (QED) is 0.654. The number of nitrogens with one attached hydrogen (secondary N) is 2. The van der Waals surface area contributed by atoms with Gasteiger partial charge in [0.1, 0.15) is 0 Å². The van der Waals surface area contributed by atoms with Crippen LogP contribution in [-0.2, 0) is 6.54 Å². The number of anilines is 1. The fraction of sp³-hybridized carbons (Fsp3) is 0.333. The van der Waals surface area contributed by atoms with E-state index in [2.05, 4.69) is 15.5 Å². The number of nitrogen functional groups attached to an aromatic ring is 1. The summed E-state index contributed by atoms with van der Waals surface area (Å²) in [6.07, 6.45) is 2.51. The summed E-state index contributed by atoms with van der Waals surface area (Å²) in [7, 11) is 0. The molecule has 0 saturated carbocycles. The van der Waals surface area contributed by atoms with Gasteiger partial charge in [0.2, 0.25) is 0 Å². The van der Waals surface area contributed by atoms with Crippen LogP contribution in [0.3, 0.4) is 0 Å². The molecule has 27 heavy (non-hydrogen) atoms. The first-order valence-electron chi connectivity index (χ1n) is 9.35. The molecular weight excluding hydrogens is 340 g/mol. The highest BCUT2D eigenvalue weighted by molar-refractivity contribution is 5.99. The molecule has 0 unspecified atom stereocenters. The van der Waals surface area contributed by atoms with Crippen LogP contribution < -0.4 is 16.4 Å². The topological polar surface area (TPSA) is 87.5 Å². The summed E-state index contributed by atoms with van der Waals surface area (Å²) >= 11 is 0. The molecule has 1 heterocycles. The van der Waals surface area contributed by atoms with Gasteiger partial charge in [-0.05, 0) is 55.8 Å². The van der Waals surface area contributed by atoms with Crippen molar-refractivity contribution in [1.29, 1.82) is 0 Å². The summed E-state index contributed by atoms with van der Waals surface area (Å²) in [5.41, 5.74) is 8.28. The SMILES string of the molecule is Nc1ccccc1C(=O)NCc1ccc(C(=O)NCCN2CCCC2)cc1. The summed E-state index contributed by atoms with van der Waals surface area (Å²) in [6, 6.07) is 14.2. The monoisotopic (exact) mass is 366 g/mol. The van der Waals surface area contributed by atoms with Crippen molar-refractivity contribution in [3.05, 3.63) is 65.2 Å². The molecule has 1 fully saturated rings. The van der Waals surface area contributed by atoms with Crippen LogP contribution in [0.1, 0.15) is 39.1 Å². The largest absolute Gasteiger partial charge is 0.398 e. The summed E-state index contributed by atoms with van der Waals surface area (Å²) in [6.45, 7) is 4.20. The summed E-state index contributed by atoms with van der Waals surface area (Å²) in [4.78, 5) is 26.8. The molecular formula is C21H26N4O2. The lowest BCUT2D eigenvalue weighted by atomic mass is 10.1. The van der Waals surface area contributed by atoms with Crippen molar-refractivity contribution in [1.82, 2.24) is 15.5 Å². The number of hydrogen-bond acceptors (Lipinski definition) is 4. The van der Waals surface area contributed by atoms with Crippen LogP contribution in [0.25, 0.3) is 0 Å². The van der Waals surface area contributed by atoms with Crippen molar-refractivity contribution in [2.45, 2.75) is 19.4 Å². The minimum Gasteiger partial charge on any atom is -0.398 e. The van der Waals surface area contributed by atoms with Crippen molar-refractivity contribution in [3.63, 3.8) is 0 Å². The van der Waals surface area contributed by atoms with Crippen LogP contribution in [0.2, 0.25) is 0 Å². The van der Waals surface area contributed by atoms with Crippen LogP contribution >= 0.6 is 0 Å². The van der Waals surface area contributed by atoms with Gasteiger partial charge in [0.05, 0.1) is 5.56 Å². The Hall–Kier alpha value is -2.86. The first-order chi connectivity index (χ1) is 13.1. The van der Waals surface area contributed by atoms with Gasteiger partial charge in [0.15, 0.2) is 0 Å². The molecule has 4 N–H and O–H groups in total. The lowest BCUT2D eigenvalue weighted by molar-refractivity contribution is 0.0941. The Kier molecular flexibility index (Phi) is 6.44. The van der Waals surface area contributed by atoms with Crippen molar-refractivity contribution in [2.24, 2.45) is 0 Å². The zero-order valence-electron chi connectivity index (χ0n) is 15.4. The molecule has 2 aromatic rings. The molecule has 0 radical (unpaired) electrons. The Balaban J connectivity index is 1.46. The Labute approximate surface area is 159 Å². The number of benzene rings is 2. The third-order valence-electron chi connectivity index (χ3n) is 4.79. The highest BCUT2D eigenvalue weighted by Gasteiger charge is 2.12. The molecule has 0 aliphatic carbocycles. The average molecular weight is 366 g/mol. The molecule has 6 nitrogen and oxygen atoms in total. The van der Waals surface area contributed by atoms with E-state index < -0.39 is 0 Å². The third-order valence-corrected chi connectivity index (χ3v) is 4.79. The molecule has 0 atom stereocenters. The Morgan fingerprint density at radius 1 is 0.926 bits per heavy atom. The van der Waals surface area contributed by atoms with Gasteiger partial charge in [-0.2, -0.15) is 0 Å². The van der Waals surface area contributed by atoms with E-state index >= 15 is 0 Å². The third kappa shape index (κ3) is 5.31. The maximum atomic E-state index is 12.2. The van der Waals surface area contributed by atoms with Gasteiger partial charge in [-0.1, -0.05) is 24.3 Å². The first kappa shape index (κ1) is 18.9. The first-order valence-corrected chi connectivity index (χ1v) is 9.35. The van der Waals surface area contributed by atoms with Gasteiger partial charge in [0, 0.05) is 30.9 Å². The lowest BCUT2D eigenvalue weighted by Crippen LogP contribution is -2.33. The van der Waals surface area contributed by atoms with E-state index in [0.717, 1.165) is 25.2 Å². The number of rotatable bonds is 7. The van der Waals surface area contributed by atoms with Crippen molar-refractivity contribution in [2.75, 3.05) is 31.9 Å². The fourth-order valence-electron chi connectivity index (χ4n) is 3.19. The molecule has 2 amide bonds. The fourth-order valence-corrected chi connectivity index (χ4v) is 3.19. The van der Waals surface area contributed by atoms with E-state index in [4.69, 9.17) is 5.73 Å². The second-order valence-electron chi connectivity index (χ2n) is 6.77. The van der Waals surface area contributed by atoms with E-state index in [0.29, 0.717) is 29.9 Å². The molecule has 142 valence electrons. The van der Waals surface area contributed by atoms with Crippen molar-refractivity contribution in [3.8, 4) is 0 Å². The molecule has 0 aromatic heterocycles. The molecule has 1 aliphatic rings. The van der Waals surface area contributed by atoms with Crippen LogP contribution in [0.5, 0.6) is 0 Å². The zero-order valence-corrected chi connectivity index (χ0v) is 15.4. The van der Waals surface area contributed by atoms with Crippen LogP contribution in [0.15, 0.2) is 48.5 Å². The average Bonchev–Trinajstić information content (AvgIpc) is 3.20. The summed E-state index contributed by atoms with van der Waals surface area (Å²) in [5.74, 6) is -0.279. The summed E-state index contributed by atoms with van der Waals surface area (Å²) < 4.78 is 0. The Morgan fingerprint density at radius 2 is 1.63 bits per heavy atom. The van der Waals surface area contributed by atoms with Crippen LogP contribution in [0.4, 0.5) is 5.69 Å². The van der Waals surface area contributed by atoms with Gasteiger partial charge in [-0.15, -0.1) is 0 Å². The number of amides is 2. The van der Waals surface area contributed by atoms with Gasteiger partial charge in [-0.3, -0.25) is 9.59 Å². The molecule has 2 aromatic carbocycles. The predicted molar refractivity (Wildman–Crippen MR) is 106 cm³/mol. The molecule has 1 aliphatic heterocycles. The Bertz CT molecular complexity index is 783. The van der Waals surface area contributed by atoms with Crippen molar-refractivity contribution >= 4 is 17.5 Å². The highest BCUT2D eigenvalue weighted by atomic mass is 16.2. The molecule has 3 rings (SSSR count). The summed E-state index contributed by atoms with van der Waals surface area (Å²) in [5, 5.41) is 5.80. The van der Waals surface area contributed by atoms with Crippen molar-refractivity contribution < 1.29 is 9.59 Å². The minimum absolute atomic E-state index is 0.0677. The number of nitrogens with zero attached hydrogens (tertiary/aromatic N) is 1. The Morgan fingerprint density at radius 3 is 2.33 bits per heavy atom. The number of para-hydroxylation sites is 1. The van der Waals surface area contributed by atoms with Gasteiger partial charge in [0.25, 0.3) is 11.8 Å². The van der Waals surface area contributed by atoms with E-state index in [1.165, 1.54) is 12.8 Å². The van der Waals surface area contributed by atoms with Gasteiger partial charge in [-0.25, -0.2) is 0 Å². The smallest absolute Gasteiger partial charge is 0.253 e. The maximum Gasteiger partial charge on any atom is 0.253 e. The second-order valence-corrected chi connectivity index (χ2v) is 6.77. The normalized spacial score (nSPS) is 14.1. The van der Waals surface area contributed by atoms with Crippen LogP contribution in [-0.4, -0.2) is 42.9 Å². The lowest BCUT2D eigenvalue weighted by Gasteiger charge is -2.14. The number of carbonyl (C=O) groups excluding carboxylic acids is 2. The number of likely N-dealkylation sites (tertiary alicyclic amines) is 1. The number of hydrogen-bond donors (Lipinski definition) is 3. The van der Waals surface area contributed by atoms with E-state index in [9.17, 15) is 9.59 Å². The second kappa shape index (κ2) is 9.19. The molecule has 0 bridgehead atoms. The van der Waals surface area contributed by atoms with Crippen LogP contribution in [0, 0.1) is 0 Å². The van der Waals surface area contributed by atoms with Gasteiger partial charge < -0.3 is 21.3 Å². The minimum atomic E-state index is -0.211. The zero-order chi connectivity index (χ0) is 19.1. The van der Waals surface area contributed by atoms with E-state index in [1.54, 1.807) is 36.4 Å². The van der Waals surface area contributed by atoms with Gasteiger partial charge >= 0.3 is 0 Å².